The topological polar surface area (TPSA) is 53.4 Å². The fourth-order valence-electron chi connectivity index (χ4n) is 1.58. The van der Waals surface area contributed by atoms with E-state index in [9.17, 15) is 4.79 Å². The summed E-state index contributed by atoms with van der Waals surface area (Å²) in [4.78, 5) is 12.4. The van der Waals surface area contributed by atoms with Crippen molar-refractivity contribution in [3.05, 3.63) is 24.3 Å². The van der Waals surface area contributed by atoms with Gasteiger partial charge < -0.3 is 10.0 Å². The molecule has 0 bridgehead atoms. The van der Waals surface area contributed by atoms with Crippen LogP contribution in [0.3, 0.4) is 0 Å². The predicted octanol–water partition coefficient (Wildman–Crippen LogP) is 1.82. The molecule has 0 aliphatic rings. The normalized spacial score (nSPS) is 10.1. The monoisotopic (exact) mass is 246 g/mol. The molecule has 1 N–H and O–H groups in total. The minimum atomic E-state index is -0.905. The predicted molar refractivity (Wildman–Crippen MR) is 68.3 cm³/mol. The molecule has 1 heterocycles. The van der Waals surface area contributed by atoms with Crippen molar-refractivity contribution in [1.29, 1.82) is 0 Å². The molecule has 0 saturated carbocycles. The van der Waals surface area contributed by atoms with Gasteiger partial charge in [0.15, 0.2) is 0 Å². The van der Waals surface area contributed by atoms with Gasteiger partial charge in [-0.05, 0) is 23.7 Å². The van der Waals surface area contributed by atoms with Crippen LogP contribution in [0.5, 0.6) is 0 Å². The molecule has 2 aromatic rings. The van der Waals surface area contributed by atoms with Gasteiger partial charge in [-0.25, -0.2) is 0 Å². The van der Waals surface area contributed by atoms with Crippen LogP contribution in [0.1, 0.15) is 0 Å². The zero-order chi connectivity index (χ0) is 12.3. The third-order valence-electron chi connectivity index (χ3n) is 2.26. The van der Waals surface area contributed by atoms with Crippen molar-refractivity contribution >= 4 is 33.4 Å². The summed E-state index contributed by atoms with van der Waals surface area (Å²) in [6.45, 7) is 0.148. The lowest BCUT2D eigenvalue weighted by Gasteiger charge is -2.17. The number of nitrogens with zero attached hydrogens (tertiary/aromatic N) is 2. The molecule has 2 rings (SSSR count). The highest BCUT2D eigenvalue weighted by atomic mass is 32.1. The Morgan fingerprint density at radius 1 is 1.53 bits per heavy atom. The lowest BCUT2D eigenvalue weighted by Crippen LogP contribution is -2.29. The highest BCUT2D eigenvalue weighted by Gasteiger charge is 2.15. The molecule has 17 heavy (non-hydrogen) atoms. The molecule has 1 aromatic carbocycles. The third-order valence-corrected chi connectivity index (χ3v) is 3.20. The zero-order valence-corrected chi connectivity index (χ0v) is 9.78. The van der Waals surface area contributed by atoms with Crippen molar-refractivity contribution in [2.75, 3.05) is 18.0 Å². The summed E-state index contributed by atoms with van der Waals surface area (Å²) in [6.07, 6.45) is 5.25. The van der Waals surface area contributed by atoms with E-state index in [4.69, 9.17) is 11.5 Å². The van der Waals surface area contributed by atoms with E-state index in [0.717, 1.165) is 15.9 Å². The number of aliphatic carboxylic acids is 1. The smallest absolute Gasteiger partial charge is 0.323 e. The van der Waals surface area contributed by atoms with Gasteiger partial charge in [-0.3, -0.25) is 4.79 Å². The number of terminal acetylenes is 1. The van der Waals surface area contributed by atoms with Crippen LogP contribution in [0.4, 0.5) is 5.00 Å². The first-order valence-electron chi connectivity index (χ1n) is 4.97. The fraction of sp³-hybridized carbons (Fsp3) is 0.167. The molecule has 0 atom stereocenters. The maximum Gasteiger partial charge on any atom is 0.323 e. The molecule has 0 fully saturated rings. The highest BCUT2D eigenvalue weighted by Crippen LogP contribution is 2.30. The number of hydrogen-bond donors (Lipinski definition) is 1. The summed E-state index contributed by atoms with van der Waals surface area (Å²) < 4.78 is 4.27. The van der Waals surface area contributed by atoms with Gasteiger partial charge in [-0.1, -0.05) is 18.1 Å². The van der Waals surface area contributed by atoms with Gasteiger partial charge in [-0.2, -0.15) is 4.37 Å². The quantitative estimate of drug-likeness (QED) is 0.836. The van der Waals surface area contributed by atoms with Crippen LogP contribution in [-0.4, -0.2) is 28.5 Å². The number of carboxylic acids is 1. The van der Waals surface area contributed by atoms with E-state index in [2.05, 4.69) is 10.3 Å². The lowest BCUT2D eigenvalue weighted by atomic mass is 10.2. The minimum Gasteiger partial charge on any atom is -0.480 e. The number of anilines is 1. The van der Waals surface area contributed by atoms with Crippen molar-refractivity contribution < 1.29 is 9.90 Å². The van der Waals surface area contributed by atoms with E-state index in [1.165, 1.54) is 11.5 Å². The van der Waals surface area contributed by atoms with Crippen LogP contribution in [0.2, 0.25) is 0 Å². The minimum absolute atomic E-state index is 0.115. The van der Waals surface area contributed by atoms with Crippen molar-refractivity contribution in [3.8, 4) is 12.3 Å². The Hall–Kier alpha value is -2.06. The number of aromatic nitrogens is 1. The number of carboxylic acid groups (broad SMARTS) is 1. The zero-order valence-electron chi connectivity index (χ0n) is 8.96. The standard InChI is InChI=1S/C12H10N2O2S/c1-2-7-14(8-11(15)16)12-9-5-3-4-6-10(9)13-17-12/h1,3-6H,7-8H2,(H,15,16). The molecule has 0 aliphatic carbocycles. The number of fused-ring (bicyclic) bond motifs is 1. The van der Waals surface area contributed by atoms with Gasteiger partial charge >= 0.3 is 5.97 Å². The van der Waals surface area contributed by atoms with Gasteiger partial charge in [0.25, 0.3) is 0 Å². The van der Waals surface area contributed by atoms with Gasteiger partial charge in [0.2, 0.25) is 0 Å². The van der Waals surface area contributed by atoms with E-state index in [0.29, 0.717) is 0 Å². The molecule has 1 aromatic heterocycles. The Labute approximate surface area is 103 Å². The highest BCUT2D eigenvalue weighted by molar-refractivity contribution is 7.11. The maximum absolute atomic E-state index is 10.8. The summed E-state index contributed by atoms with van der Waals surface area (Å²) >= 11 is 1.27. The number of carbonyl (C=O) groups is 1. The Morgan fingerprint density at radius 3 is 3.00 bits per heavy atom. The molecule has 0 unspecified atom stereocenters. The van der Waals surface area contributed by atoms with E-state index >= 15 is 0 Å². The first kappa shape index (κ1) is 11.4. The largest absolute Gasteiger partial charge is 0.480 e. The summed E-state index contributed by atoms with van der Waals surface area (Å²) in [7, 11) is 0. The second-order valence-electron chi connectivity index (χ2n) is 3.46. The molecule has 0 radical (unpaired) electrons. The van der Waals surface area contributed by atoms with Gasteiger partial charge in [-0.15, -0.1) is 6.42 Å². The van der Waals surface area contributed by atoms with Crippen LogP contribution in [0.15, 0.2) is 24.3 Å². The van der Waals surface area contributed by atoms with Crippen molar-refractivity contribution in [2.45, 2.75) is 0 Å². The Kier molecular flexibility index (Phi) is 3.26. The number of rotatable bonds is 4. The molecule has 0 aliphatic heterocycles. The van der Waals surface area contributed by atoms with E-state index in [1.54, 1.807) is 4.90 Å². The fourth-order valence-corrected chi connectivity index (χ4v) is 2.44. The van der Waals surface area contributed by atoms with Crippen molar-refractivity contribution in [3.63, 3.8) is 0 Å². The average Bonchev–Trinajstić information content (AvgIpc) is 2.71. The molecular weight excluding hydrogens is 236 g/mol. The third kappa shape index (κ3) is 2.37. The SMILES string of the molecule is C#CCN(CC(=O)O)c1snc2ccccc12. The lowest BCUT2D eigenvalue weighted by molar-refractivity contribution is -0.135. The Bertz CT molecular complexity index is 585. The van der Waals surface area contributed by atoms with Gasteiger partial charge in [0.05, 0.1) is 12.1 Å². The molecule has 5 heteroatoms. The van der Waals surface area contributed by atoms with Crippen molar-refractivity contribution in [2.24, 2.45) is 0 Å². The van der Waals surface area contributed by atoms with Crippen LogP contribution in [0, 0.1) is 12.3 Å². The van der Waals surface area contributed by atoms with Crippen LogP contribution in [0.25, 0.3) is 10.9 Å². The number of hydrogen-bond acceptors (Lipinski definition) is 4. The Balaban J connectivity index is 2.42. The summed E-state index contributed by atoms with van der Waals surface area (Å²) in [5.74, 6) is 1.56. The van der Waals surface area contributed by atoms with Crippen LogP contribution >= 0.6 is 11.5 Å². The molecule has 0 spiro atoms. The van der Waals surface area contributed by atoms with Gasteiger partial charge in [0, 0.05) is 5.39 Å². The van der Waals surface area contributed by atoms with E-state index in [1.807, 2.05) is 24.3 Å². The second-order valence-corrected chi connectivity index (χ2v) is 4.21. The molecule has 0 amide bonds. The molecular formula is C12H10N2O2S. The van der Waals surface area contributed by atoms with Crippen LogP contribution < -0.4 is 4.90 Å². The molecule has 0 saturated heterocycles. The maximum atomic E-state index is 10.8. The first-order chi connectivity index (χ1) is 8.22. The first-order valence-corrected chi connectivity index (χ1v) is 5.74. The van der Waals surface area contributed by atoms with Gasteiger partial charge in [0.1, 0.15) is 11.5 Å². The Morgan fingerprint density at radius 2 is 2.29 bits per heavy atom. The average molecular weight is 246 g/mol. The summed E-state index contributed by atoms with van der Waals surface area (Å²) in [5.41, 5.74) is 0.861. The van der Waals surface area contributed by atoms with Crippen molar-refractivity contribution in [1.82, 2.24) is 4.37 Å². The molecule has 86 valence electrons. The van der Waals surface area contributed by atoms with E-state index in [-0.39, 0.29) is 13.1 Å². The van der Waals surface area contributed by atoms with Crippen LogP contribution in [-0.2, 0) is 4.79 Å². The second kappa shape index (κ2) is 4.85. The molecule has 4 nitrogen and oxygen atoms in total. The summed E-state index contributed by atoms with van der Waals surface area (Å²) in [6, 6.07) is 7.60. The summed E-state index contributed by atoms with van der Waals surface area (Å²) in [5, 5.41) is 10.6. The van der Waals surface area contributed by atoms with E-state index < -0.39 is 5.97 Å². The number of benzene rings is 1.